The zero-order valence-corrected chi connectivity index (χ0v) is 19.4. The number of nitrogens with one attached hydrogen (secondary N) is 1. The standard InChI is InChI=1S/C24H26N4O3S/c1-15(2)19-9-8-16(3)12-20(19)31-10-11-32-24-26-23(17-6-5-7-18(13-17)30-4)25-21-14-22(29)27-28(21)24/h5-9,12-15H,10-11H2,1-4H3,(H,27,29). The predicted molar refractivity (Wildman–Crippen MR) is 127 cm³/mol. The quantitative estimate of drug-likeness (QED) is 0.310. The minimum atomic E-state index is -0.221. The van der Waals surface area contributed by atoms with Gasteiger partial charge in [0.05, 0.1) is 13.7 Å². The van der Waals surface area contributed by atoms with E-state index in [0.29, 0.717) is 34.9 Å². The molecule has 0 bridgehead atoms. The van der Waals surface area contributed by atoms with Gasteiger partial charge in [-0.25, -0.2) is 14.5 Å². The molecular weight excluding hydrogens is 424 g/mol. The van der Waals surface area contributed by atoms with Crippen molar-refractivity contribution >= 4 is 17.4 Å². The van der Waals surface area contributed by atoms with E-state index in [9.17, 15) is 4.79 Å². The van der Waals surface area contributed by atoms with Gasteiger partial charge in [0.2, 0.25) is 0 Å². The normalized spacial score (nSPS) is 11.3. The van der Waals surface area contributed by atoms with Crippen LogP contribution in [0.2, 0.25) is 0 Å². The van der Waals surface area contributed by atoms with Crippen molar-refractivity contribution in [2.75, 3.05) is 19.5 Å². The van der Waals surface area contributed by atoms with E-state index < -0.39 is 0 Å². The molecule has 0 amide bonds. The highest BCUT2D eigenvalue weighted by Crippen LogP contribution is 2.28. The lowest BCUT2D eigenvalue weighted by Crippen LogP contribution is -2.07. The highest BCUT2D eigenvalue weighted by molar-refractivity contribution is 7.99. The third-order valence-electron chi connectivity index (χ3n) is 5.02. The summed E-state index contributed by atoms with van der Waals surface area (Å²) in [7, 11) is 1.62. The summed E-state index contributed by atoms with van der Waals surface area (Å²) in [6, 6.07) is 15.3. The molecule has 2 heterocycles. The van der Waals surface area contributed by atoms with Crippen molar-refractivity contribution in [1.29, 1.82) is 0 Å². The van der Waals surface area contributed by atoms with Gasteiger partial charge in [0.25, 0.3) is 5.56 Å². The van der Waals surface area contributed by atoms with Crippen LogP contribution >= 0.6 is 11.8 Å². The van der Waals surface area contributed by atoms with Gasteiger partial charge in [-0.05, 0) is 42.2 Å². The van der Waals surface area contributed by atoms with Crippen LogP contribution in [-0.2, 0) is 0 Å². The Morgan fingerprint density at radius 3 is 2.75 bits per heavy atom. The number of rotatable bonds is 8. The fourth-order valence-electron chi connectivity index (χ4n) is 3.40. The van der Waals surface area contributed by atoms with Gasteiger partial charge in [0, 0.05) is 17.4 Å². The number of fused-ring (bicyclic) bond motifs is 1. The number of nitrogens with zero attached hydrogens (tertiary/aromatic N) is 3. The van der Waals surface area contributed by atoms with E-state index in [-0.39, 0.29) is 5.56 Å². The molecule has 0 aliphatic rings. The van der Waals surface area contributed by atoms with Gasteiger partial charge in [-0.15, -0.1) is 0 Å². The summed E-state index contributed by atoms with van der Waals surface area (Å²) < 4.78 is 13.0. The molecule has 0 saturated heterocycles. The van der Waals surface area contributed by atoms with Crippen LogP contribution in [0, 0.1) is 6.92 Å². The summed E-state index contributed by atoms with van der Waals surface area (Å²) in [6.45, 7) is 6.89. The maximum absolute atomic E-state index is 11.9. The Balaban J connectivity index is 1.55. The Hall–Kier alpha value is -3.26. The molecule has 0 aliphatic heterocycles. The third-order valence-corrected chi connectivity index (χ3v) is 5.92. The summed E-state index contributed by atoms with van der Waals surface area (Å²) in [5.41, 5.74) is 3.48. The summed E-state index contributed by atoms with van der Waals surface area (Å²) in [5, 5.41) is 3.41. The first-order valence-corrected chi connectivity index (χ1v) is 11.4. The number of hydrogen-bond donors (Lipinski definition) is 1. The maximum atomic E-state index is 11.9. The minimum Gasteiger partial charge on any atom is -0.497 e. The molecule has 0 spiro atoms. The third kappa shape index (κ3) is 4.80. The molecular formula is C24H26N4O3S. The minimum absolute atomic E-state index is 0.221. The first-order valence-electron chi connectivity index (χ1n) is 10.4. The SMILES string of the molecule is COc1cccc(-c2nc(SCCOc3cc(C)ccc3C(C)C)n3[nH]c(=O)cc3n2)c1. The fraction of sp³-hybridized carbons (Fsp3) is 0.292. The Bertz CT molecular complexity index is 1300. The second-order valence-electron chi connectivity index (χ2n) is 7.77. The molecule has 4 aromatic rings. The van der Waals surface area contributed by atoms with Crippen LogP contribution in [0.25, 0.3) is 17.0 Å². The zero-order chi connectivity index (χ0) is 22.7. The van der Waals surface area contributed by atoms with E-state index in [1.807, 2.05) is 24.3 Å². The lowest BCUT2D eigenvalue weighted by Gasteiger charge is -2.15. The topological polar surface area (TPSA) is 81.5 Å². The number of aryl methyl sites for hydroxylation is 1. The van der Waals surface area contributed by atoms with E-state index >= 15 is 0 Å². The van der Waals surface area contributed by atoms with Crippen LogP contribution in [0.5, 0.6) is 11.5 Å². The smallest absolute Gasteiger partial charge is 0.266 e. The second kappa shape index (κ2) is 9.48. The van der Waals surface area contributed by atoms with Gasteiger partial charge < -0.3 is 9.47 Å². The summed E-state index contributed by atoms with van der Waals surface area (Å²) in [4.78, 5) is 21.2. The highest BCUT2D eigenvalue weighted by Gasteiger charge is 2.13. The molecule has 0 unspecified atom stereocenters. The Morgan fingerprint density at radius 2 is 1.97 bits per heavy atom. The molecule has 32 heavy (non-hydrogen) atoms. The van der Waals surface area contributed by atoms with Crippen LogP contribution < -0.4 is 15.0 Å². The van der Waals surface area contributed by atoms with E-state index in [2.05, 4.69) is 49.1 Å². The van der Waals surface area contributed by atoms with Crippen molar-refractivity contribution in [3.8, 4) is 22.9 Å². The lowest BCUT2D eigenvalue weighted by atomic mass is 10.0. The largest absolute Gasteiger partial charge is 0.497 e. The molecule has 0 radical (unpaired) electrons. The maximum Gasteiger partial charge on any atom is 0.266 e. The van der Waals surface area contributed by atoms with Gasteiger partial charge in [0.1, 0.15) is 11.5 Å². The molecule has 166 valence electrons. The molecule has 1 N–H and O–H groups in total. The van der Waals surface area contributed by atoms with E-state index in [0.717, 1.165) is 17.1 Å². The first-order chi connectivity index (χ1) is 15.4. The summed E-state index contributed by atoms with van der Waals surface area (Å²) in [6.07, 6.45) is 0. The molecule has 8 heteroatoms. The second-order valence-corrected chi connectivity index (χ2v) is 8.83. The van der Waals surface area contributed by atoms with Crippen molar-refractivity contribution in [2.24, 2.45) is 0 Å². The molecule has 0 saturated carbocycles. The number of methoxy groups -OCH3 is 1. The Kier molecular flexibility index (Phi) is 6.50. The highest BCUT2D eigenvalue weighted by atomic mass is 32.2. The van der Waals surface area contributed by atoms with Crippen molar-refractivity contribution in [2.45, 2.75) is 31.8 Å². The van der Waals surface area contributed by atoms with Crippen LogP contribution in [0.3, 0.4) is 0 Å². The lowest BCUT2D eigenvalue weighted by molar-refractivity contribution is 0.338. The number of hydrogen-bond acceptors (Lipinski definition) is 6. The summed E-state index contributed by atoms with van der Waals surface area (Å²) >= 11 is 1.51. The summed E-state index contributed by atoms with van der Waals surface area (Å²) in [5.74, 6) is 3.22. The molecule has 0 fully saturated rings. The average molecular weight is 451 g/mol. The molecule has 7 nitrogen and oxygen atoms in total. The molecule has 0 atom stereocenters. The number of H-pyrrole nitrogens is 1. The first kappa shape index (κ1) is 22.0. The number of thioether (sulfide) groups is 1. The molecule has 2 aromatic heterocycles. The van der Waals surface area contributed by atoms with Gasteiger partial charge in [0.15, 0.2) is 16.6 Å². The van der Waals surface area contributed by atoms with Crippen LogP contribution in [0.15, 0.2) is 58.5 Å². The number of ether oxygens (including phenoxy) is 2. The number of aromatic nitrogens is 4. The van der Waals surface area contributed by atoms with E-state index in [1.165, 1.54) is 29.0 Å². The van der Waals surface area contributed by atoms with E-state index in [1.54, 1.807) is 11.6 Å². The Labute approximate surface area is 190 Å². The monoisotopic (exact) mass is 450 g/mol. The van der Waals surface area contributed by atoms with Gasteiger partial charge in [-0.3, -0.25) is 9.89 Å². The van der Waals surface area contributed by atoms with Crippen molar-refractivity contribution in [3.05, 3.63) is 70.0 Å². The average Bonchev–Trinajstić information content (AvgIpc) is 3.16. The Morgan fingerprint density at radius 1 is 1.12 bits per heavy atom. The van der Waals surface area contributed by atoms with Crippen LogP contribution in [0.4, 0.5) is 0 Å². The molecule has 4 rings (SSSR count). The van der Waals surface area contributed by atoms with E-state index in [4.69, 9.17) is 14.5 Å². The van der Waals surface area contributed by atoms with Crippen molar-refractivity contribution in [1.82, 2.24) is 19.6 Å². The zero-order valence-electron chi connectivity index (χ0n) is 18.6. The van der Waals surface area contributed by atoms with Crippen LogP contribution in [0.1, 0.15) is 30.9 Å². The van der Waals surface area contributed by atoms with Gasteiger partial charge >= 0.3 is 0 Å². The molecule has 0 aliphatic carbocycles. The molecule has 2 aromatic carbocycles. The number of aromatic amines is 1. The van der Waals surface area contributed by atoms with Crippen LogP contribution in [-0.4, -0.2) is 39.1 Å². The van der Waals surface area contributed by atoms with Crippen molar-refractivity contribution in [3.63, 3.8) is 0 Å². The van der Waals surface area contributed by atoms with Crippen molar-refractivity contribution < 1.29 is 9.47 Å². The van der Waals surface area contributed by atoms with Gasteiger partial charge in [-0.2, -0.15) is 0 Å². The number of benzene rings is 2. The fourth-order valence-corrected chi connectivity index (χ4v) is 4.17. The van der Waals surface area contributed by atoms with Gasteiger partial charge in [-0.1, -0.05) is 49.9 Å². The predicted octanol–water partition coefficient (Wildman–Crippen LogP) is 4.70.